The first kappa shape index (κ1) is 9.77. The number of nitrogens with one attached hydrogen (secondary N) is 1. The van der Waals surface area contributed by atoms with Crippen LogP contribution >= 0.6 is 0 Å². The second-order valence-electron chi connectivity index (χ2n) is 3.18. The van der Waals surface area contributed by atoms with E-state index >= 15 is 0 Å². The smallest absolute Gasteiger partial charge is 0.308 e. The third-order valence-corrected chi connectivity index (χ3v) is 2.11. The number of hydrogen-bond acceptors (Lipinski definition) is 2. The van der Waals surface area contributed by atoms with Crippen LogP contribution in [0.1, 0.15) is 19.8 Å². The molecular weight excluding hydrogens is 170 g/mol. The number of hydrogen-bond donors (Lipinski definition) is 2. The summed E-state index contributed by atoms with van der Waals surface area (Å²) in [4.78, 5) is 21.5. The van der Waals surface area contributed by atoms with Gasteiger partial charge in [0.2, 0.25) is 5.91 Å². The SMILES string of the molecule is CC(=O)NC1C=CCCC1C(=O)O. The number of amides is 1. The fourth-order valence-electron chi connectivity index (χ4n) is 1.49. The number of rotatable bonds is 2. The molecule has 13 heavy (non-hydrogen) atoms. The third kappa shape index (κ3) is 2.57. The first-order chi connectivity index (χ1) is 6.11. The highest BCUT2D eigenvalue weighted by molar-refractivity contribution is 5.76. The lowest BCUT2D eigenvalue weighted by molar-refractivity contribution is -0.142. The Kier molecular flexibility index (Phi) is 3.06. The molecule has 1 aliphatic carbocycles. The maximum Gasteiger partial charge on any atom is 0.308 e. The lowest BCUT2D eigenvalue weighted by atomic mass is 9.89. The highest BCUT2D eigenvalue weighted by Gasteiger charge is 2.28. The molecule has 72 valence electrons. The molecule has 0 radical (unpaired) electrons. The van der Waals surface area contributed by atoms with Gasteiger partial charge in [-0.2, -0.15) is 0 Å². The molecule has 1 aliphatic rings. The molecule has 0 saturated heterocycles. The van der Waals surface area contributed by atoms with Crippen molar-refractivity contribution in [3.8, 4) is 0 Å². The van der Waals surface area contributed by atoms with E-state index in [1.54, 1.807) is 6.08 Å². The Bertz CT molecular complexity index is 247. The van der Waals surface area contributed by atoms with Crippen LogP contribution in [0.2, 0.25) is 0 Å². The van der Waals surface area contributed by atoms with Gasteiger partial charge in [0.25, 0.3) is 0 Å². The van der Waals surface area contributed by atoms with Crippen molar-refractivity contribution in [2.75, 3.05) is 0 Å². The Hall–Kier alpha value is -1.32. The Morgan fingerprint density at radius 3 is 2.77 bits per heavy atom. The Morgan fingerprint density at radius 1 is 1.54 bits per heavy atom. The van der Waals surface area contributed by atoms with Gasteiger partial charge in [0.15, 0.2) is 0 Å². The zero-order chi connectivity index (χ0) is 9.84. The van der Waals surface area contributed by atoms with Crippen molar-refractivity contribution < 1.29 is 14.7 Å². The molecule has 0 aliphatic heterocycles. The van der Waals surface area contributed by atoms with Crippen LogP contribution in [0, 0.1) is 5.92 Å². The summed E-state index contributed by atoms with van der Waals surface area (Å²) in [7, 11) is 0. The van der Waals surface area contributed by atoms with E-state index < -0.39 is 11.9 Å². The molecule has 2 atom stereocenters. The molecule has 0 heterocycles. The van der Waals surface area contributed by atoms with Crippen molar-refractivity contribution >= 4 is 11.9 Å². The van der Waals surface area contributed by atoms with Gasteiger partial charge in [-0.15, -0.1) is 0 Å². The summed E-state index contributed by atoms with van der Waals surface area (Å²) < 4.78 is 0. The molecule has 0 spiro atoms. The summed E-state index contributed by atoms with van der Waals surface area (Å²) in [5, 5.41) is 11.4. The van der Waals surface area contributed by atoms with Gasteiger partial charge >= 0.3 is 5.97 Å². The van der Waals surface area contributed by atoms with E-state index in [2.05, 4.69) is 5.32 Å². The van der Waals surface area contributed by atoms with Crippen LogP contribution < -0.4 is 5.32 Å². The number of carboxylic acids is 1. The van der Waals surface area contributed by atoms with E-state index in [0.29, 0.717) is 6.42 Å². The van der Waals surface area contributed by atoms with E-state index in [-0.39, 0.29) is 11.9 Å². The van der Waals surface area contributed by atoms with Gasteiger partial charge in [-0.3, -0.25) is 9.59 Å². The number of carbonyl (C=O) groups excluding carboxylic acids is 1. The topological polar surface area (TPSA) is 66.4 Å². The third-order valence-electron chi connectivity index (χ3n) is 2.11. The number of carboxylic acid groups (broad SMARTS) is 1. The Labute approximate surface area is 76.6 Å². The molecular formula is C9H13NO3. The summed E-state index contributed by atoms with van der Waals surface area (Å²) in [5.41, 5.74) is 0. The van der Waals surface area contributed by atoms with Crippen LogP contribution in [0.4, 0.5) is 0 Å². The Balaban J connectivity index is 2.66. The quantitative estimate of drug-likeness (QED) is 0.614. The normalized spacial score (nSPS) is 26.8. The van der Waals surface area contributed by atoms with Crippen molar-refractivity contribution in [1.29, 1.82) is 0 Å². The second kappa shape index (κ2) is 4.07. The first-order valence-electron chi connectivity index (χ1n) is 4.28. The van der Waals surface area contributed by atoms with Crippen LogP contribution in [0.3, 0.4) is 0 Å². The molecule has 2 unspecified atom stereocenters. The zero-order valence-corrected chi connectivity index (χ0v) is 7.49. The number of allylic oxidation sites excluding steroid dienone is 1. The average molecular weight is 183 g/mol. The predicted molar refractivity (Wildman–Crippen MR) is 47.1 cm³/mol. The van der Waals surface area contributed by atoms with Crippen LogP contribution in [-0.4, -0.2) is 23.0 Å². The Morgan fingerprint density at radius 2 is 2.23 bits per heavy atom. The van der Waals surface area contributed by atoms with E-state index in [1.807, 2.05) is 6.08 Å². The van der Waals surface area contributed by atoms with E-state index in [9.17, 15) is 9.59 Å². The minimum Gasteiger partial charge on any atom is -0.481 e. The molecule has 0 aromatic carbocycles. The van der Waals surface area contributed by atoms with Gasteiger partial charge in [0, 0.05) is 6.92 Å². The van der Waals surface area contributed by atoms with Crippen molar-refractivity contribution in [1.82, 2.24) is 5.32 Å². The van der Waals surface area contributed by atoms with Gasteiger partial charge in [-0.25, -0.2) is 0 Å². The standard InChI is InChI=1S/C9H13NO3/c1-6(11)10-8-5-3-2-4-7(8)9(12)13/h3,5,7-8H,2,4H2,1H3,(H,10,11)(H,12,13). The largest absolute Gasteiger partial charge is 0.481 e. The van der Waals surface area contributed by atoms with Gasteiger partial charge < -0.3 is 10.4 Å². The molecule has 0 saturated carbocycles. The van der Waals surface area contributed by atoms with Crippen molar-refractivity contribution in [3.63, 3.8) is 0 Å². The van der Waals surface area contributed by atoms with Crippen LogP contribution in [0.25, 0.3) is 0 Å². The molecule has 1 amide bonds. The maximum atomic E-state index is 10.8. The lowest BCUT2D eigenvalue weighted by Gasteiger charge is -2.24. The summed E-state index contributed by atoms with van der Waals surface area (Å²) in [6, 6.07) is -0.344. The summed E-state index contributed by atoms with van der Waals surface area (Å²) in [5.74, 6) is -1.51. The maximum absolute atomic E-state index is 10.8. The number of aliphatic carboxylic acids is 1. The molecule has 0 fully saturated rings. The second-order valence-corrected chi connectivity index (χ2v) is 3.18. The monoisotopic (exact) mass is 183 g/mol. The summed E-state index contributed by atoms with van der Waals surface area (Å²) in [6.07, 6.45) is 5.02. The fourth-order valence-corrected chi connectivity index (χ4v) is 1.49. The van der Waals surface area contributed by atoms with Gasteiger partial charge in [-0.1, -0.05) is 12.2 Å². The molecule has 1 rings (SSSR count). The van der Waals surface area contributed by atoms with E-state index in [4.69, 9.17) is 5.11 Å². The molecule has 0 aromatic rings. The van der Waals surface area contributed by atoms with Crippen LogP contribution in [0.5, 0.6) is 0 Å². The molecule has 0 bridgehead atoms. The first-order valence-corrected chi connectivity index (χ1v) is 4.28. The summed E-state index contributed by atoms with van der Waals surface area (Å²) >= 11 is 0. The molecule has 2 N–H and O–H groups in total. The minimum atomic E-state index is -0.844. The van der Waals surface area contributed by atoms with Crippen LogP contribution in [-0.2, 0) is 9.59 Å². The molecule has 4 nitrogen and oxygen atoms in total. The van der Waals surface area contributed by atoms with Crippen molar-refractivity contribution in [2.45, 2.75) is 25.8 Å². The van der Waals surface area contributed by atoms with Gasteiger partial charge in [-0.05, 0) is 12.8 Å². The van der Waals surface area contributed by atoms with Gasteiger partial charge in [0.05, 0.1) is 12.0 Å². The van der Waals surface area contributed by atoms with Gasteiger partial charge in [0.1, 0.15) is 0 Å². The van der Waals surface area contributed by atoms with Crippen LogP contribution in [0.15, 0.2) is 12.2 Å². The minimum absolute atomic E-state index is 0.192. The van der Waals surface area contributed by atoms with Crippen molar-refractivity contribution in [3.05, 3.63) is 12.2 Å². The predicted octanol–water partition coefficient (Wildman–Crippen LogP) is 0.542. The molecule has 0 aromatic heterocycles. The highest BCUT2D eigenvalue weighted by Crippen LogP contribution is 2.18. The highest BCUT2D eigenvalue weighted by atomic mass is 16.4. The average Bonchev–Trinajstić information content (AvgIpc) is 2.03. The fraction of sp³-hybridized carbons (Fsp3) is 0.556. The van der Waals surface area contributed by atoms with Crippen molar-refractivity contribution in [2.24, 2.45) is 5.92 Å². The molecule has 4 heteroatoms. The lowest BCUT2D eigenvalue weighted by Crippen LogP contribution is -2.42. The van der Waals surface area contributed by atoms with E-state index in [0.717, 1.165) is 6.42 Å². The summed E-state index contributed by atoms with van der Waals surface area (Å²) in [6.45, 7) is 1.39. The number of carbonyl (C=O) groups is 2. The zero-order valence-electron chi connectivity index (χ0n) is 7.49. The van der Waals surface area contributed by atoms with E-state index in [1.165, 1.54) is 6.92 Å².